The van der Waals surface area contributed by atoms with E-state index in [1.54, 1.807) is 24.3 Å². The number of rotatable bonds is 2. The van der Waals surface area contributed by atoms with Gasteiger partial charge in [0, 0.05) is 10.4 Å². The van der Waals surface area contributed by atoms with Crippen LogP contribution in [0.5, 0.6) is 11.6 Å². The third kappa shape index (κ3) is 3.20. The van der Waals surface area contributed by atoms with E-state index in [1.807, 2.05) is 27.7 Å². The number of nitrogens with zero attached hydrogens (tertiary/aromatic N) is 2. The van der Waals surface area contributed by atoms with E-state index in [9.17, 15) is 0 Å². The second kappa shape index (κ2) is 5.29. The van der Waals surface area contributed by atoms with Crippen molar-refractivity contribution < 1.29 is 4.74 Å². The van der Waals surface area contributed by atoms with Gasteiger partial charge in [0.25, 0.3) is 0 Å². The molecule has 0 amide bonds. The number of anilines is 1. The molecule has 0 aliphatic rings. The van der Waals surface area contributed by atoms with Gasteiger partial charge in [0.1, 0.15) is 17.4 Å². The van der Waals surface area contributed by atoms with Crippen molar-refractivity contribution in [2.45, 2.75) is 33.1 Å². The number of nitrogen functional groups attached to an aromatic ring is 1. The zero-order valence-electron chi connectivity index (χ0n) is 12.1. The van der Waals surface area contributed by atoms with E-state index < -0.39 is 0 Å². The van der Waals surface area contributed by atoms with Crippen LogP contribution in [0, 0.1) is 6.92 Å². The topological polar surface area (TPSA) is 61.0 Å². The van der Waals surface area contributed by atoms with Crippen LogP contribution in [0.2, 0.25) is 5.02 Å². The van der Waals surface area contributed by atoms with Crippen molar-refractivity contribution in [3.8, 4) is 11.6 Å². The molecule has 1 aromatic carbocycles. The molecular weight excluding hydrogens is 274 g/mol. The van der Waals surface area contributed by atoms with E-state index >= 15 is 0 Å². The quantitative estimate of drug-likeness (QED) is 0.904. The summed E-state index contributed by atoms with van der Waals surface area (Å²) < 4.78 is 5.79. The molecule has 2 N–H and O–H groups in total. The zero-order chi connectivity index (χ0) is 14.9. The fourth-order valence-electron chi connectivity index (χ4n) is 1.56. The Morgan fingerprint density at radius 1 is 1.10 bits per heavy atom. The summed E-state index contributed by atoms with van der Waals surface area (Å²) in [6.45, 7) is 7.93. The Morgan fingerprint density at radius 3 is 2.25 bits per heavy atom. The smallest absolute Gasteiger partial charge is 0.227 e. The van der Waals surface area contributed by atoms with Gasteiger partial charge in [0.15, 0.2) is 0 Å². The molecule has 0 radical (unpaired) electrons. The van der Waals surface area contributed by atoms with Crippen molar-refractivity contribution in [2.24, 2.45) is 0 Å². The standard InChI is InChI=1S/C15H18ClN3O/c1-9-12(17)18-14(15(2,3)4)19-13(9)20-11-7-5-10(16)6-8-11/h5-8H,1-4H3,(H2,17,18,19). The fourth-order valence-corrected chi connectivity index (χ4v) is 1.69. The maximum absolute atomic E-state index is 5.94. The van der Waals surface area contributed by atoms with Gasteiger partial charge in [-0.2, -0.15) is 4.98 Å². The highest BCUT2D eigenvalue weighted by Gasteiger charge is 2.21. The highest BCUT2D eigenvalue weighted by molar-refractivity contribution is 6.30. The van der Waals surface area contributed by atoms with Gasteiger partial charge in [-0.1, -0.05) is 32.4 Å². The van der Waals surface area contributed by atoms with Crippen LogP contribution in [0.15, 0.2) is 24.3 Å². The molecule has 0 bridgehead atoms. The second-order valence-electron chi connectivity index (χ2n) is 5.67. The summed E-state index contributed by atoms with van der Waals surface area (Å²) in [5, 5.41) is 0.659. The third-order valence-corrected chi connectivity index (χ3v) is 3.09. The molecule has 0 aliphatic carbocycles. The first-order valence-electron chi connectivity index (χ1n) is 6.35. The van der Waals surface area contributed by atoms with E-state index in [4.69, 9.17) is 22.1 Å². The summed E-state index contributed by atoms with van der Waals surface area (Å²) in [5.74, 6) is 2.23. The lowest BCUT2D eigenvalue weighted by molar-refractivity contribution is 0.443. The molecule has 106 valence electrons. The molecule has 0 fully saturated rings. The van der Waals surface area contributed by atoms with Gasteiger partial charge in [-0.15, -0.1) is 0 Å². The van der Waals surface area contributed by atoms with Crippen molar-refractivity contribution in [1.29, 1.82) is 0 Å². The zero-order valence-corrected chi connectivity index (χ0v) is 12.8. The van der Waals surface area contributed by atoms with Crippen LogP contribution in [0.1, 0.15) is 32.2 Å². The largest absolute Gasteiger partial charge is 0.439 e. The minimum Gasteiger partial charge on any atom is -0.439 e. The van der Waals surface area contributed by atoms with Crippen molar-refractivity contribution >= 4 is 17.4 Å². The highest BCUT2D eigenvalue weighted by atomic mass is 35.5. The molecule has 0 aliphatic heterocycles. The Bertz CT molecular complexity index is 618. The minimum absolute atomic E-state index is 0.195. The van der Waals surface area contributed by atoms with Crippen molar-refractivity contribution in [3.05, 3.63) is 40.7 Å². The van der Waals surface area contributed by atoms with Crippen LogP contribution in [0.25, 0.3) is 0 Å². The Labute approximate surface area is 124 Å². The summed E-state index contributed by atoms with van der Waals surface area (Å²) in [4.78, 5) is 8.80. The van der Waals surface area contributed by atoms with Gasteiger partial charge in [0.2, 0.25) is 5.88 Å². The van der Waals surface area contributed by atoms with Gasteiger partial charge < -0.3 is 10.5 Å². The van der Waals surface area contributed by atoms with Gasteiger partial charge in [-0.3, -0.25) is 0 Å². The highest BCUT2D eigenvalue weighted by Crippen LogP contribution is 2.29. The molecule has 0 atom stereocenters. The Balaban J connectivity index is 2.40. The third-order valence-electron chi connectivity index (χ3n) is 2.84. The summed E-state index contributed by atoms with van der Waals surface area (Å²) in [5.41, 5.74) is 6.48. The Kier molecular flexibility index (Phi) is 3.86. The summed E-state index contributed by atoms with van der Waals surface area (Å²) >= 11 is 5.86. The molecule has 0 unspecified atom stereocenters. The number of benzene rings is 1. The van der Waals surface area contributed by atoms with Gasteiger partial charge in [0.05, 0.1) is 5.56 Å². The number of halogens is 1. The molecule has 4 nitrogen and oxygen atoms in total. The lowest BCUT2D eigenvalue weighted by Gasteiger charge is -2.19. The van der Waals surface area contributed by atoms with Gasteiger partial charge in [-0.25, -0.2) is 4.98 Å². The monoisotopic (exact) mass is 291 g/mol. The fraction of sp³-hybridized carbons (Fsp3) is 0.333. The normalized spacial score (nSPS) is 11.4. The van der Waals surface area contributed by atoms with Gasteiger partial charge >= 0.3 is 0 Å². The number of aromatic nitrogens is 2. The summed E-state index contributed by atoms with van der Waals surface area (Å²) in [6, 6.07) is 7.11. The summed E-state index contributed by atoms with van der Waals surface area (Å²) in [7, 11) is 0. The molecule has 0 saturated carbocycles. The predicted molar refractivity (Wildman–Crippen MR) is 81.4 cm³/mol. The van der Waals surface area contributed by atoms with E-state index in [2.05, 4.69) is 9.97 Å². The van der Waals surface area contributed by atoms with Crippen LogP contribution in [-0.2, 0) is 5.41 Å². The number of hydrogen-bond acceptors (Lipinski definition) is 4. The molecular formula is C15H18ClN3O. The molecule has 0 spiro atoms. The minimum atomic E-state index is -0.195. The molecule has 1 heterocycles. The maximum atomic E-state index is 5.94. The number of ether oxygens (including phenoxy) is 1. The van der Waals surface area contributed by atoms with Crippen molar-refractivity contribution in [2.75, 3.05) is 5.73 Å². The number of hydrogen-bond donors (Lipinski definition) is 1. The average molecular weight is 292 g/mol. The first-order chi connectivity index (χ1) is 9.27. The van der Waals surface area contributed by atoms with E-state index in [0.717, 1.165) is 5.56 Å². The lowest BCUT2D eigenvalue weighted by Crippen LogP contribution is -2.18. The van der Waals surface area contributed by atoms with E-state index in [0.29, 0.717) is 28.3 Å². The molecule has 2 rings (SSSR count). The summed E-state index contributed by atoms with van der Waals surface area (Å²) in [6.07, 6.45) is 0. The van der Waals surface area contributed by atoms with E-state index in [1.165, 1.54) is 0 Å². The van der Waals surface area contributed by atoms with Crippen LogP contribution >= 0.6 is 11.6 Å². The maximum Gasteiger partial charge on any atom is 0.227 e. The van der Waals surface area contributed by atoms with Crippen LogP contribution in [-0.4, -0.2) is 9.97 Å². The van der Waals surface area contributed by atoms with Crippen molar-refractivity contribution in [3.63, 3.8) is 0 Å². The molecule has 2 aromatic rings. The Morgan fingerprint density at radius 2 is 1.70 bits per heavy atom. The first-order valence-corrected chi connectivity index (χ1v) is 6.73. The lowest BCUT2D eigenvalue weighted by atomic mass is 9.95. The predicted octanol–water partition coefficient (Wildman–Crippen LogP) is 4.11. The SMILES string of the molecule is Cc1c(N)nc(C(C)(C)C)nc1Oc1ccc(Cl)cc1. The van der Waals surface area contributed by atoms with Crippen LogP contribution in [0.3, 0.4) is 0 Å². The average Bonchev–Trinajstić information content (AvgIpc) is 2.36. The first kappa shape index (κ1) is 14.6. The van der Waals surface area contributed by atoms with E-state index in [-0.39, 0.29) is 5.41 Å². The molecule has 0 saturated heterocycles. The Hall–Kier alpha value is -1.81. The van der Waals surface area contributed by atoms with Crippen LogP contribution < -0.4 is 10.5 Å². The molecule has 20 heavy (non-hydrogen) atoms. The van der Waals surface area contributed by atoms with Crippen LogP contribution in [0.4, 0.5) is 5.82 Å². The molecule has 1 aromatic heterocycles. The van der Waals surface area contributed by atoms with Gasteiger partial charge in [-0.05, 0) is 31.2 Å². The second-order valence-corrected chi connectivity index (χ2v) is 6.11. The molecule has 5 heteroatoms. The number of nitrogens with two attached hydrogens (primary N) is 1. The van der Waals surface area contributed by atoms with Crippen molar-refractivity contribution in [1.82, 2.24) is 9.97 Å².